The SMILES string of the molecule is CC1(C)OB(B2OC(C)(C)C(C)(C)O2)OC1(C)C.CC1(C)OB(c2ccccc2-c2ccc3oc4cccc(-c5nc(-c6ccccc6)nc(-c6cccc(Cl)c6)n5)c4c3c2)OC1(C)C.Clc1cccc(-c2nc(-c3ccccc3)nc(-c3cccc4oc5ccc(-c6ccccc6Br)cc5c34)n2)c1.[CH3-].c1ccc(C2=[N+]=c3[nH]c(c4cccc5oc6ccc(cc6c54)c4ccccc4c4cccc3c4)=N2)cc1. The van der Waals surface area contributed by atoms with Crippen LogP contribution in [-0.2, 0) is 27.9 Å². The molecule has 1 N–H and O–H groups in total. The Kier molecular flexibility index (Phi) is 24.6. The lowest BCUT2D eigenvalue weighted by atomic mass is 9.49. The van der Waals surface area contributed by atoms with Crippen molar-refractivity contribution in [2.75, 3.05) is 0 Å². The van der Waals surface area contributed by atoms with E-state index >= 15 is 0 Å². The molecule has 3 fully saturated rings. The van der Waals surface area contributed by atoms with Crippen LogP contribution in [0.4, 0.5) is 0 Å². The van der Waals surface area contributed by atoms with E-state index < -0.39 is 32.3 Å². The summed E-state index contributed by atoms with van der Waals surface area (Å²) in [5.41, 5.74) is 15.4. The summed E-state index contributed by atoms with van der Waals surface area (Å²) in [5, 5.41) is 13.8. The maximum absolute atomic E-state index is 6.46. The number of amidine groups is 1. The molecule has 10 heterocycles. The van der Waals surface area contributed by atoms with Gasteiger partial charge >= 0.3 is 32.5 Å². The van der Waals surface area contributed by atoms with Crippen molar-refractivity contribution in [3.05, 3.63) is 384 Å². The van der Waals surface area contributed by atoms with Crippen molar-refractivity contribution in [2.24, 2.45) is 4.99 Å². The minimum atomic E-state index is -0.491. The smallest absolute Gasteiger partial charge is 0.456 e. The van der Waals surface area contributed by atoms with Gasteiger partial charge in [0.05, 0.1) is 49.9 Å². The summed E-state index contributed by atoms with van der Waals surface area (Å²) in [6.07, 6.45) is 0. The Hall–Kier alpha value is -14.3. The Balaban J connectivity index is 0.000000116. The maximum Gasteiger partial charge on any atom is 0.495 e. The Morgan fingerprint density at radius 2 is 0.648 bits per heavy atom. The van der Waals surface area contributed by atoms with Crippen molar-refractivity contribution in [3.63, 3.8) is 0 Å². The molecule has 0 atom stereocenters. The quantitative estimate of drug-likeness (QED) is 0.0724. The Labute approximate surface area is 840 Å². The minimum Gasteiger partial charge on any atom is -0.456 e. The van der Waals surface area contributed by atoms with Gasteiger partial charge in [-0.3, -0.25) is 0 Å². The number of halogens is 3. The Bertz CT molecular complexity index is 8730. The zero-order chi connectivity index (χ0) is 97.0. The first kappa shape index (κ1) is 93.9. The van der Waals surface area contributed by atoms with Crippen molar-refractivity contribution < 1.29 is 41.2 Å². The number of aromatic nitrogens is 7. The van der Waals surface area contributed by atoms with E-state index in [2.05, 4.69) is 164 Å². The van der Waals surface area contributed by atoms with Gasteiger partial charge in [-0.15, -0.1) is 0 Å². The largest absolute Gasteiger partial charge is 0.495 e. The van der Waals surface area contributed by atoms with Gasteiger partial charge in [-0.2, -0.15) is 0 Å². The van der Waals surface area contributed by atoms with Crippen LogP contribution in [0.2, 0.25) is 10.0 Å². The Morgan fingerprint density at radius 1 is 0.282 bits per heavy atom. The lowest BCUT2D eigenvalue weighted by Gasteiger charge is -2.32. The molecule has 3 saturated heterocycles. The van der Waals surface area contributed by atoms with Crippen LogP contribution in [-0.4, -0.2) is 95.5 Å². The zero-order valence-electron chi connectivity index (χ0n) is 80.5. The predicted octanol–water partition coefficient (Wildman–Crippen LogP) is 28.2. The fourth-order valence-electron chi connectivity index (χ4n) is 18.3. The lowest BCUT2D eigenvalue weighted by Crippen LogP contribution is -2.41. The summed E-state index contributed by atoms with van der Waals surface area (Å²) in [5.74, 6) is 4.05. The number of benzene rings is 15. The number of hydrogen-bond acceptors (Lipinski definition) is 16. The number of nitrogens with one attached hydrogen (secondary N) is 1. The third-order valence-corrected chi connectivity index (χ3v) is 29.0. The fourth-order valence-corrected chi connectivity index (χ4v) is 19.2. The van der Waals surface area contributed by atoms with Crippen molar-refractivity contribution in [1.82, 2.24) is 39.6 Å². The summed E-state index contributed by atoms with van der Waals surface area (Å²) in [6.45, 7) is 24.5. The molecular weight excluding hydrogens is 1870 g/mol. The third kappa shape index (κ3) is 17.9. The average Bonchev–Trinajstić information content (AvgIpc) is 1.58. The summed E-state index contributed by atoms with van der Waals surface area (Å²) < 4.78 is 61.8. The summed E-state index contributed by atoms with van der Waals surface area (Å²) >= 11 is 16.4. The standard InChI is InChI=1S/C39H31BClN3O3.C33H19BrClN3O.C33H19N3O.C12H24B2O4.CH3/c1-38(2)39(3,4)47-40(46-38)31-18-9-8-16-28(31)25-20-21-32-30(23-25)34-29(17-11-19-33(34)45-32)37-43-35(24-12-6-5-7-13-24)42-36(44-37)26-14-10-15-27(41)22-26;34-27-14-5-4-12-24(27)21-16-17-28-26(19-21)30-25(13-7-15-29(30)39-28)33-37-31(20-8-2-1-3-9-20)36-32(38-33)22-10-6-11-23(35)18-22;1-2-8-20(9-3-1)31-34-32-23-11-6-10-21(18-23)24-12-4-5-13-25(24)22-16-17-28-27(19-22)30-26(33(35-31)36-32)14-7-15-29(30)37-28;1-9(2)10(3,4)16-13(15-9)14-17-11(5,6)12(7,8)18-14;/h5-23H,1-4H3;1-19H;1-19H;1-8H3;1H3/q;;;;-1/p+1. The average molecular weight is 1970 g/mol. The monoisotopic (exact) mass is 1970 g/mol. The van der Waals surface area contributed by atoms with E-state index in [9.17, 15) is 0 Å². The molecular formula is C118H97B3BrCl2N9O9. The van der Waals surface area contributed by atoms with Gasteiger partial charge in [-0.25, -0.2) is 39.6 Å². The van der Waals surface area contributed by atoms with Crippen LogP contribution in [0.15, 0.2) is 368 Å². The molecule has 0 spiro atoms. The molecule has 698 valence electrons. The third-order valence-electron chi connectivity index (χ3n) is 27.8. The highest BCUT2D eigenvalue weighted by atomic mass is 79.9. The van der Waals surface area contributed by atoms with Crippen molar-refractivity contribution in [2.45, 2.75) is 117 Å². The van der Waals surface area contributed by atoms with Crippen LogP contribution in [0.1, 0.15) is 88.6 Å². The number of H-pyrrole nitrogens is 1. The van der Waals surface area contributed by atoms with E-state index in [1.165, 1.54) is 10.8 Å². The van der Waals surface area contributed by atoms with E-state index in [1.54, 1.807) is 0 Å². The first-order chi connectivity index (χ1) is 68.0. The normalized spacial score (nSPS) is 15.5. The van der Waals surface area contributed by atoms with Crippen LogP contribution >= 0.6 is 39.1 Å². The van der Waals surface area contributed by atoms with Gasteiger partial charge in [0.15, 0.2) is 34.9 Å². The molecule has 21 aromatic rings. The minimum absolute atomic E-state index is 0. The second kappa shape index (κ2) is 37.3. The summed E-state index contributed by atoms with van der Waals surface area (Å²) in [6, 6.07) is 116. The molecule has 15 aromatic carbocycles. The predicted molar refractivity (Wildman–Crippen MR) is 580 cm³/mol. The molecule has 18 nitrogen and oxygen atoms in total. The van der Waals surface area contributed by atoms with Crippen molar-refractivity contribution >= 4 is 170 Å². The molecule has 6 aromatic heterocycles. The van der Waals surface area contributed by atoms with Crippen molar-refractivity contribution in [1.29, 1.82) is 0 Å². The van der Waals surface area contributed by atoms with Crippen LogP contribution < -0.4 is 21.1 Å². The van der Waals surface area contributed by atoms with Crippen molar-refractivity contribution in [3.8, 4) is 90.6 Å². The maximum atomic E-state index is 6.46. The Morgan fingerprint density at radius 3 is 1.15 bits per heavy atom. The molecule has 24 heteroatoms. The van der Waals surface area contributed by atoms with Crippen LogP contribution in [0.25, 0.3) is 189 Å². The zero-order valence-corrected chi connectivity index (χ0v) is 83.6. The summed E-state index contributed by atoms with van der Waals surface area (Å²) in [7, 11) is -1.44. The topological polar surface area (TPSA) is 214 Å². The number of aromatic amines is 1. The van der Waals surface area contributed by atoms with Gasteiger partial charge in [-0.1, -0.05) is 275 Å². The van der Waals surface area contributed by atoms with Crippen LogP contribution in [0.5, 0.6) is 0 Å². The summed E-state index contributed by atoms with van der Waals surface area (Å²) in [4.78, 5) is 38.2. The molecule has 6 bridgehead atoms. The highest BCUT2D eigenvalue weighted by Gasteiger charge is 2.64. The molecule has 142 heavy (non-hydrogen) atoms. The first-order valence-corrected chi connectivity index (χ1v) is 48.6. The molecule has 0 saturated carbocycles. The molecule has 0 unspecified atom stereocenters. The number of rotatable bonds is 11. The second-order valence-electron chi connectivity index (χ2n) is 38.6. The van der Waals surface area contributed by atoms with Gasteiger partial charge in [0, 0.05) is 80.2 Å². The second-order valence-corrected chi connectivity index (χ2v) is 40.3. The van der Waals surface area contributed by atoms with E-state index in [4.69, 9.17) is 104 Å². The molecule has 4 aliphatic heterocycles. The fraction of sp³-hybridized carbons (Fsp3) is 0.153. The van der Waals surface area contributed by atoms with Crippen LogP contribution in [0.3, 0.4) is 0 Å². The van der Waals surface area contributed by atoms with Gasteiger partial charge in [0.1, 0.15) is 33.5 Å². The van der Waals surface area contributed by atoms with Gasteiger partial charge in [-0.05, 0) is 248 Å². The molecule has 25 rings (SSSR count). The van der Waals surface area contributed by atoms with E-state index in [0.717, 1.165) is 169 Å². The van der Waals surface area contributed by atoms with Crippen LogP contribution in [0, 0.1) is 7.43 Å². The van der Waals surface area contributed by atoms with Gasteiger partial charge in [0.2, 0.25) is 0 Å². The number of fused-ring (bicyclic) bond motifs is 16. The van der Waals surface area contributed by atoms with E-state index in [1.807, 2.05) is 286 Å². The molecule has 4 aliphatic rings. The molecule has 0 amide bonds. The van der Waals surface area contributed by atoms with Gasteiger partial charge < -0.3 is 48.6 Å². The van der Waals surface area contributed by atoms with Gasteiger partial charge in [0.25, 0.3) is 5.49 Å². The number of furan rings is 3. The van der Waals surface area contributed by atoms with E-state index in [0.29, 0.717) is 50.8 Å². The van der Waals surface area contributed by atoms with E-state index in [-0.39, 0.29) is 29.8 Å². The number of nitrogens with zero attached hydrogens (tertiary/aromatic N) is 8. The highest BCUT2D eigenvalue weighted by Crippen LogP contribution is 2.47. The molecule has 0 aliphatic carbocycles. The molecule has 0 radical (unpaired) electrons. The lowest BCUT2D eigenvalue weighted by molar-refractivity contribution is 0.00578. The highest BCUT2D eigenvalue weighted by molar-refractivity contribution is 9.10. The first-order valence-electron chi connectivity index (χ1n) is 47.0. The number of hydrogen-bond donors (Lipinski definition) is 1.